The van der Waals surface area contributed by atoms with Gasteiger partial charge in [0.2, 0.25) is 5.95 Å². The van der Waals surface area contributed by atoms with Crippen LogP contribution in [0.15, 0.2) is 28.9 Å². The molecule has 0 saturated carbocycles. The third-order valence-corrected chi connectivity index (χ3v) is 3.73. The van der Waals surface area contributed by atoms with E-state index in [4.69, 9.17) is 0 Å². The van der Waals surface area contributed by atoms with Crippen LogP contribution in [-0.2, 0) is 0 Å². The normalized spacial score (nSPS) is 10.7. The van der Waals surface area contributed by atoms with Crippen molar-refractivity contribution in [3.8, 4) is 0 Å². The molecule has 0 amide bonds. The van der Waals surface area contributed by atoms with E-state index >= 15 is 0 Å². The van der Waals surface area contributed by atoms with Crippen molar-refractivity contribution in [1.29, 1.82) is 0 Å². The molecule has 0 aliphatic heterocycles. The SMILES string of the molecule is Cc1cc(Nc2nncc(NCCN(C)C)n2)ccc1Br. The van der Waals surface area contributed by atoms with E-state index in [9.17, 15) is 0 Å². The Morgan fingerprint density at radius 1 is 1.29 bits per heavy atom. The lowest BCUT2D eigenvalue weighted by Gasteiger charge is -2.11. The van der Waals surface area contributed by atoms with Crippen LogP contribution in [0.2, 0.25) is 0 Å². The first-order valence-corrected chi connectivity index (χ1v) is 7.45. The summed E-state index contributed by atoms with van der Waals surface area (Å²) in [7, 11) is 4.06. The molecule has 0 bridgehead atoms. The van der Waals surface area contributed by atoms with Crippen LogP contribution in [0.3, 0.4) is 0 Å². The van der Waals surface area contributed by atoms with Gasteiger partial charge in [0.05, 0.1) is 6.20 Å². The Balaban J connectivity index is 2.01. The van der Waals surface area contributed by atoms with Gasteiger partial charge in [-0.25, -0.2) is 0 Å². The fourth-order valence-corrected chi connectivity index (χ4v) is 1.95. The van der Waals surface area contributed by atoms with Gasteiger partial charge in [0.1, 0.15) is 0 Å². The van der Waals surface area contributed by atoms with Crippen molar-refractivity contribution < 1.29 is 0 Å². The number of hydrogen-bond donors (Lipinski definition) is 2. The zero-order valence-corrected chi connectivity index (χ0v) is 14.0. The van der Waals surface area contributed by atoms with Gasteiger partial charge in [-0.15, -0.1) is 5.10 Å². The predicted molar refractivity (Wildman–Crippen MR) is 89.0 cm³/mol. The highest BCUT2D eigenvalue weighted by molar-refractivity contribution is 9.10. The smallest absolute Gasteiger partial charge is 0.249 e. The van der Waals surface area contributed by atoms with E-state index in [0.717, 1.165) is 28.8 Å². The van der Waals surface area contributed by atoms with Crippen LogP contribution < -0.4 is 10.6 Å². The molecular formula is C14H19BrN6. The van der Waals surface area contributed by atoms with E-state index in [1.165, 1.54) is 0 Å². The number of likely N-dealkylation sites (N-methyl/N-ethyl adjacent to an activating group) is 1. The lowest BCUT2D eigenvalue weighted by Crippen LogP contribution is -2.21. The van der Waals surface area contributed by atoms with E-state index in [1.807, 2.05) is 39.2 Å². The van der Waals surface area contributed by atoms with Gasteiger partial charge in [0, 0.05) is 23.2 Å². The lowest BCUT2D eigenvalue weighted by atomic mass is 10.2. The molecule has 2 N–H and O–H groups in total. The number of halogens is 1. The van der Waals surface area contributed by atoms with Crippen LogP contribution in [0.25, 0.3) is 0 Å². The molecule has 6 nitrogen and oxygen atoms in total. The summed E-state index contributed by atoms with van der Waals surface area (Å²) in [6, 6.07) is 5.98. The second-order valence-electron chi connectivity index (χ2n) is 4.98. The monoisotopic (exact) mass is 350 g/mol. The molecule has 0 fully saturated rings. The standard InChI is InChI=1S/C14H19BrN6/c1-10-8-11(4-5-12(10)15)18-14-19-13(9-17-20-14)16-6-7-21(2)3/h4-5,8-9H,6-7H2,1-3H3,(H2,16,18,19,20). The van der Waals surface area contributed by atoms with Crippen molar-refractivity contribution in [2.24, 2.45) is 0 Å². The molecule has 2 aromatic rings. The number of hydrogen-bond acceptors (Lipinski definition) is 6. The summed E-state index contributed by atoms with van der Waals surface area (Å²) in [4.78, 5) is 6.49. The Bertz CT molecular complexity index is 602. The van der Waals surface area contributed by atoms with Crippen molar-refractivity contribution in [3.05, 3.63) is 34.4 Å². The summed E-state index contributed by atoms with van der Waals surface area (Å²) in [5.41, 5.74) is 2.08. The molecule has 0 aliphatic rings. The Hall–Kier alpha value is -1.73. The first kappa shape index (κ1) is 15.7. The molecule has 0 atom stereocenters. The van der Waals surface area contributed by atoms with Crippen LogP contribution in [0.1, 0.15) is 5.56 Å². The van der Waals surface area contributed by atoms with Crippen LogP contribution in [0.5, 0.6) is 0 Å². The minimum Gasteiger partial charge on any atom is -0.367 e. The Labute approximate surface area is 133 Å². The molecule has 7 heteroatoms. The molecule has 1 heterocycles. The number of aryl methyl sites for hydroxylation is 1. The highest BCUT2D eigenvalue weighted by atomic mass is 79.9. The average molecular weight is 351 g/mol. The summed E-state index contributed by atoms with van der Waals surface area (Å²) >= 11 is 3.48. The van der Waals surface area contributed by atoms with Crippen LogP contribution >= 0.6 is 15.9 Å². The fourth-order valence-electron chi connectivity index (χ4n) is 1.70. The quantitative estimate of drug-likeness (QED) is 0.834. The van der Waals surface area contributed by atoms with E-state index < -0.39 is 0 Å². The third-order valence-electron chi connectivity index (χ3n) is 2.84. The maximum Gasteiger partial charge on any atom is 0.249 e. The molecule has 1 aromatic heterocycles. The molecule has 1 aromatic carbocycles. The molecular weight excluding hydrogens is 332 g/mol. The number of anilines is 3. The van der Waals surface area contributed by atoms with Crippen LogP contribution in [-0.4, -0.2) is 47.3 Å². The topological polar surface area (TPSA) is 66.0 Å². The second-order valence-corrected chi connectivity index (χ2v) is 5.84. The summed E-state index contributed by atoms with van der Waals surface area (Å²) in [6.07, 6.45) is 1.62. The highest BCUT2D eigenvalue weighted by Gasteiger charge is 2.03. The van der Waals surface area contributed by atoms with Gasteiger partial charge in [0.15, 0.2) is 5.82 Å². The average Bonchev–Trinajstić information content (AvgIpc) is 2.43. The van der Waals surface area contributed by atoms with Crippen LogP contribution in [0.4, 0.5) is 17.5 Å². The maximum atomic E-state index is 4.39. The Kier molecular flexibility index (Phi) is 5.46. The largest absolute Gasteiger partial charge is 0.367 e. The zero-order valence-electron chi connectivity index (χ0n) is 12.4. The lowest BCUT2D eigenvalue weighted by molar-refractivity contribution is 0.425. The van der Waals surface area contributed by atoms with E-state index in [-0.39, 0.29) is 0 Å². The summed E-state index contributed by atoms with van der Waals surface area (Å²) < 4.78 is 1.08. The predicted octanol–water partition coefficient (Wildman–Crippen LogP) is 2.66. The minimum absolute atomic E-state index is 0.478. The van der Waals surface area contributed by atoms with Crippen molar-refractivity contribution in [2.45, 2.75) is 6.92 Å². The highest BCUT2D eigenvalue weighted by Crippen LogP contribution is 2.21. The number of rotatable bonds is 6. The Morgan fingerprint density at radius 2 is 2.10 bits per heavy atom. The molecule has 0 unspecified atom stereocenters. The number of aromatic nitrogens is 3. The molecule has 0 saturated heterocycles. The first-order valence-electron chi connectivity index (χ1n) is 6.66. The van der Waals surface area contributed by atoms with Gasteiger partial charge in [0.25, 0.3) is 0 Å². The Morgan fingerprint density at radius 3 is 2.81 bits per heavy atom. The van der Waals surface area contributed by atoms with Crippen LogP contribution in [0, 0.1) is 6.92 Å². The number of nitrogens with one attached hydrogen (secondary N) is 2. The second kappa shape index (κ2) is 7.33. The van der Waals surface area contributed by atoms with Gasteiger partial charge in [-0.2, -0.15) is 10.1 Å². The maximum absolute atomic E-state index is 4.39. The first-order chi connectivity index (χ1) is 10.0. The molecule has 2 rings (SSSR count). The number of nitrogens with zero attached hydrogens (tertiary/aromatic N) is 4. The summed E-state index contributed by atoms with van der Waals surface area (Å²) in [6.45, 7) is 3.77. The van der Waals surface area contributed by atoms with E-state index in [2.05, 4.69) is 46.6 Å². The zero-order chi connectivity index (χ0) is 15.2. The van der Waals surface area contributed by atoms with Gasteiger partial charge in [-0.1, -0.05) is 15.9 Å². The van der Waals surface area contributed by atoms with Crippen molar-refractivity contribution in [1.82, 2.24) is 20.1 Å². The molecule has 0 radical (unpaired) electrons. The third kappa shape index (κ3) is 4.95. The molecule has 0 spiro atoms. The van der Waals surface area contributed by atoms with Crippen molar-refractivity contribution in [2.75, 3.05) is 37.8 Å². The summed E-state index contributed by atoms with van der Waals surface area (Å²) in [5.74, 6) is 1.19. The van der Waals surface area contributed by atoms with E-state index in [0.29, 0.717) is 11.8 Å². The summed E-state index contributed by atoms with van der Waals surface area (Å²) in [5, 5.41) is 14.3. The molecule has 0 aliphatic carbocycles. The fraction of sp³-hybridized carbons (Fsp3) is 0.357. The van der Waals surface area contributed by atoms with Gasteiger partial charge in [-0.05, 0) is 44.8 Å². The van der Waals surface area contributed by atoms with Gasteiger partial charge < -0.3 is 15.5 Å². The van der Waals surface area contributed by atoms with Gasteiger partial charge >= 0.3 is 0 Å². The van der Waals surface area contributed by atoms with Crippen molar-refractivity contribution >= 4 is 33.4 Å². The molecule has 112 valence electrons. The van der Waals surface area contributed by atoms with E-state index in [1.54, 1.807) is 6.20 Å². The van der Waals surface area contributed by atoms with Gasteiger partial charge in [-0.3, -0.25) is 0 Å². The molecule has 21 heavy (non-hydrogen) atoms. The minimum atomic E-state index is 0.478. The van der Waals surface area contributed by atoms with Crippen molar-refractivity contribution in [3.63, 3.8) is 0 Å². The number of benzene rings is 1.